The highest BCUT2D eigenvalue weighted by molar-refractivity contribution is 5.74. The van der Waals surface area contributed by atoms with E-state index in [-0.39, 0.29) is 35.2 Å². The third-order valence-corrected chi connectivity index (χ3v) is 11.7. The van der Waals surface area contributed by atoms with Gasteiger partial charge in [-0.15, -0.1) is 0 Å². The Bertz CT molecular complexity index is 763. The summed E-state index contributed by atoms with van der Waals surface area (Å²) in [5.41, 5.74) is 0.559. The van der Waals surface area contributed by atoms with E-state index in [9.17, 15) is 20.1 Å². The van der Waals surface area contributed by atoms with Gasteiger partial charge in [-0.3, -0.25) is 0 Å². The number of rotatable bonds is 4. The molecule has 0 unspecified atom stereocenters. The van der Waals surface area contributed by atoms with Crippen molar-refractivity contribution >= 4 is 6.03 Å². The van der Waals surface area contributed by atoms with Crippen molar-refractivity contribution < 1.29 is 20.1 Å². The molecule has 4 saturated carbocycles. The van der Waals surface area contributed by atoms with Gasteiger partial charge in [0, 0.05) is 19.6 Å². The van der Waals surface area contributed by atoms with Gasteiger partial charge in [-0.05, 0) is 111 Å². The van der Waals surface area contributed by atoms with E-state index < -0.39 is 0 Å². The van der Waals surface area contributed by atoms with Crippen molar-refractivity contribution in [2.75, 3.05) is 19.6 Å². The molecular formula is C28H48N2O4. The number of aliphatic hydroxyl groups is 3. The molecule has 34 heavy (non-hydrogen) atoms. The Morgan fingerprint density at radius 3 is 2.44 bits per heavy atom. The topological polar surface area (TPSA) is 93.0 Å². The molecule has 0 bridgehead atoms. The Labute approximate surface area is 205 Å². The summed E-state index contributed by atoms with van der Waals surface area (Å²) in [6, 6.07) is -0.0366. The molecule has 0 aromatic carbocycles. The number of hydrogen-bond acceptors (Lipinski definition) is 4. The number of nitrogens with one attached hydrogen (secondary N) is 1. The second kappa shape index (κ2) is 9.23. The molecule has 5 aliphatic rings. The zero-order valence-electron chi connectivity index (χ0n) is 21.6. The van der Waals surface area contributed by atoms with E-state index in [1.165, 1.54) is 25.7 Å². The molecule has 1 heterocycles. The lowest BCUT2D eigenvalue weighted by molar-refractivity contribution is -0.174. The van der Waals surface area contributed by atoms with E-state index in [4.69, 9.17) is 0 Å². The van der Waals surface area contributed by atoms with Crippen molar-refractivity contribution in [2.24, 2.45) is 46.3 Å². The van der Waals surface area contributed by atoms with E-state index in [1.807, 2.05) is 0 Å². The lowest BCUT2D eigenvalue weighted by Gasteiger charge is -2.62. The minimum Gasteiger partial charge on any atom is -0.393 e. The fourth-order valence-corrected chi connectivity index (χ4v) is 9.82. The summed E-state index contributed by atoms with van der Waals surface area (Å²) < 4.78 is 0. The van der Waals surface area contributed by atoms with Gasteiger partial charge >= 0.3 is 6.03 Å². The van der Waals surface area contributed by atoms with Crippen molar-refractivity contribution in [3.8, 4) is 0 Å². The van der Waals surface area contributed by atoms with Crippen LogP contribution in [0, 0.1) is 46.3 Å². The number of carbonyl (C=O) groups is 1. The second-order valence-corrected chi connectivity index (χ2v) is 13.3. The monoisotopic (exact) mass is 476 g/mol. The van der Waals surface area contributed by atoms with Crippen LogP contribution in [0.25, 0.3) is 0 Å². The quantitative estimate of drug-likeness (QED) is 0.497. The molecule has 6 nitrogen and oxygen atoms in total. The number of β-amino-alcohol motifs (C(OH)–C–C–N with tert-alkyl or cyclic N) is 1. The molecular weight excluding hydrogens is 428 g/mol. The maximum absolute atomic E-state index is 12.4. The van der Waals surface area contributed by atoms with Gasteiger partial charge in [0.05, 0.1) is 18.3 Å². The van der Waals surface area contributed by atoms with Crippen LogP contribution in [0.15, 0.2) is 0 Å². The molecule has 11 atom stereocenters. The first-order valence-electron chi connectivity index (χ1n) is 14.2. The van der Waals surface area contributed by atoms with E-state index in [0.29, 0.717) is 61.6 Å². The molecule has 2 amide bonds. The molecule has 0 aromatic rings. The molecule has 4 N–H and O–H groups in total. The Balaban J connectivity index is 1.22. The highest BCUT2D eigenvalue weighted by atomic mass is 16.3. The zero-order valence-corrected chi connectivity index (χ0v) is 21.6. The van der Waals surface area contributed by atoms with Crippen LogP contribution >= 0.6 is 0 Å². The van der Waals surface area contributed by atoms with Gasteiger partial charge in [0.1, 0.15) is 0 Å². The highest BCUT2D eigenvalue weighted by Gasteiger charge is 2.62. The maximum Gasteiger partial charge on any atom is 0.317 e. The summed E-state index contributed by atoms with van der Waals surface area (Å²) in [4.78, 5) is 14.1. The van der Waals surface area contributed by atoms with Gasteiger partial charge in [-0.25, -0.2) is 4.79 Å². The Hall–Kier alpha value is -0.850. The van der Waals surface area contributed by atoms with Gasteiger partial charge in [-0.2, -0.15) is 0 Å². The minimum atomic E-state index is -0.374. The van der Waals surface area contributed by atoms with Crippen LogP contribution in [0.4, 0.5) is 4.79 Å². The molecule has 1 aliphatic heterocycles. The average Bonchev–Trinajstić information content (AvgIpc) is 3.38. The van der Waals surface area contributed by atoms with Gasteiger partial charge in [0.15, 0.2) is 0 Å². The Kier molecular flexibility index (Phi) is 6.74. The maximum atomic E-state index is 12.4. The second-order valence-electron chi connectivity index (χ2n) is 13.3. The third kappa shape index (κ3) is 4.10. The Morgan fingerprint density at radius 1 is 0.971 bits per heavy atom. The average molecular weight is 477 g/mol. The van der Waals surface area contributed by atoms with Gasteiger partial charge in [0.2, 0.25) is 0 Å². The molecule has 0 radical (unpaired) electrons. The van der Waals surface area contributed by atoms with Crippen molar-refractivity contribution in [1.82, 2.24) is 10.2 Å². The normalized spacial score (nSPS) is 49.2. The van der Waals surface area contributed by atoms with Gasteiger partial charge in [-0.1, -0.05) is 20.8 Å². The smallest absolute Gasteiger partial charge is 0.317 e. The SMILES string of the molecule is C[C@H](CCNC(=O)N1CC[C@H](O)C1)[C@H]1CC[C@H]2[C@@H]3[C@H](O)C[C@@H]4C[C@H](O)CC[C@]4(C)[C@H]3CC[C@]12C. The summed E-state index contributed by atoms with van der Waals surface area (Å²) in [6.45, 7) is 9.15. The number of amides is 2. The number of urea groups is 1. The van der Waals surface area contributed by atoms with Crippen LogP contribution in [0.1, 0.15) is 85.0 Å². The fourth-order valence-electron chi connectivity index (χ4n) is 9.82. The largest absolute Gasteiger partial charge is 0.393 e. The van der Waals surface area contributed by atoms with Crippen LogP contribution in [0.3, 0.4) is 0 Å². The number of hydrogen-bond donors (Lipinski definition) is 4. The molecule has 5 rings (SSSR count). The fraction of sp³-hybridized carbons (Fsp3) is 0.964. The van der Waals surface area contributed by atoms with Crippen molar-refractivity contribution in [2.45, 2.75) is 103 Å². The van der Waals surface area contributed by atoms with Crippen LogP contribution < -0.4 is 5.32 Å². The minimum absolute atomic E-state index is 0.0366. The molecule has 194 valence electrons. The van der Waals surface area contributed by atoms with Crippen LogP contribution in [0.2, 0.25) is 0 Å². The van der Waals surface area contributed by atoms with Crippen molar-refractivity contribution in [3.05, 3.63) is 0 Å². The summed E-state index contributed by atoms with van der Waals surface area (Å²) in [5.74, 6) is 3.26. The van der Waals surface area contributed by atoms with E-state index in [2.05, 4.69) is 26.1 Å². The lowest BCUT2D eigenvalue weighted by Crippen LogP contribution is -2.58. The predicted molar refractivity (Wildman–Crippen MR) is 132 cm³/mol. The molecule has 4 aliphatic carbocycles. The Morgan fingerprint density at radius 2 is 1.71 bits per heavy atom. The van der Waals surface area contributed by atoms with E-state index >= 15 is 0 Å². The number of nitrogens with zero attached hydrogens (tertiary/aromatic N) is 1. The number of aliphatic hydroxyl groups excluding tert-OH is 3. The first-order chi connectivity index (χ1) is 16.1. The number of fused-ring (bicyclic) bond motifs is 5. The summed E-state index contributed by atoms with van der Waals surface area (Å²) in [6.07, 6.45) is 9.63. The number of likely N-dealkylation sites (tertiary alicyclic amines) is 1. The summed E-state index contributed by atoms with van der Waals surface area (Å²) in [5, 5.41) is 34.5. The summed E-state index contributed by atoms with van der Waals surface area (Å²) in [7, 11) is 0. The highest BCUT2D eigenvalue weighted by Crippen LogP contribution is 2.68. The first-order valence-corrected chi connectivity index (χ1v) is 14.2. The van der Waals surface area contributed by atoms with Crippen LogP contribution in [-0.4, -0.2) is 64.2 Å². The van der Waals surface area contributed by atoms with Crippen molar-refractivity contribution in [3.63, 3.8) is 0 Å². The molecule has 0 spiro atoms. The van der Waals surface area contributed by atoms with E-state index in [0.717, 1.165) is 32.1 Å². The van der Waals surface area contributed by atoms with Gasteiger partial charge in [0.25, 0.3) is 0 Å². The van der Waals surface area contributed by atoms with Crippen LogP contribution in [-0.2, 0) is 0 Å². The standard InChI is InChI=1S/C28H48N2O4/c1-17(8-12-29-26(34)30-13-9-20(32)16-30)21-4-5-22-25-23(7-11-28(21,22)3)27(2)10-6-19(31)14-18(27)15-24(25)33/h17-25,31-33H,4-16H2,1-3H3,(H,29,34)/t17-,18+,19-,20+,21-,22+,23+,24-,25+,27+,28-/m1/s1. The van der Waals surface area contributed by atoms with Gasteiger partial charge < -0.3 is 25.5 Å². The zero-order chi connectivity index (χ0) is 24.3. The predicted octanol–water partition coefficient (Wildman–Crippen LogP) is 3.78. The first kappa shape index (κ1) is 24.8. The molecule has 6 heteroatoms. The van der Waals surface area contributed by atoms with E-state index in [1.54, 1.807) is 4.90 Å². The van der Waals surface area contributed by atoms with Crippen molar-refractivity contribution in [1.29, 1.82) is 0 Å². The molecule has 1 saturated heterocycles. The van der Waals surface area contributed by atoms with Crippen LogP contribution in [0.5, 0.6) is 0 Å². The molecule has 5 fully saturated rings. The molecule has 0 aromatic heterocycles. The lowest BCUT2D eigenvalue weighted by atomic mass is 9.43. The number of carbonyl (C=O) groups excluding carboxylic acids is 1. The third-order valence-electron chi connectivity index (χ3n) is 11.7. The summed E-state index contributed by atoms with van der Waals surface area (Å²) >= 11 is 0.